The first kappa shape index (κ1) is 19.7. The van der Waals surface area contributed by atoms with Crippen LogP contribution in [0.1, 0.15) is 5.56 Å². The monoisotopic (exact) mass is 409 g/mol. The van der Waals surface area contributed by atoms with Crippen LogP contribution in [0.2, 0.25) is 5.02 Å². The molecule has 5 nitrogen and oxygen atoms in total. The lowest BCUT2D eigenvalue weighted by atomic mass is 9.99. The number of hydrogen-bond donors (Lipinski definition) is 0. The normalized spacial score (nSPS) is 10.3. The van der Waals surface area contributed by atoms with E-state index in [1.165, 1.54) is 0 Å². The molecule has 0 radical (unpaired) electrons. The van der Waals surface area contributed by atoms with Crippen molar-refractivity contribution in [2.45, 2.75) is 5.03 Å². The predicted octanol–water partition coefficient (Wildman–Crippen LogP) is 3.79. The number of rotatable bonds is 6. The second-order valence-corrected chi connectivity index (χ2v) is 7.14. The summed E-state index contributed by atoms with van der Waals surface area (Å²) in [5.41, 5.74) is 3.18. The number of methoxy groups -OCH3 is 1. The van der Waals surface area contributed by atoms with E-state index in [-0.39, 0.29) is 5.75 Å². The minimum absolute atomic E-state index is 0.298. The van der Waals surface area contributed by atoms with Crippen LogP contribution in [-0.2, 0) is 4.79 Å². The Balaban J connectivity index is 2.17. The van der Waals surface area contributed by atoms with Gasteiger partial charge in [-0.25, -0.2) is 4.98 Å². The first-order valence-corrected chi connectivity index (χ1v) is 9.56. The Morgan fingerprint density at radius 2 is 1.82 bits per heavy atom. The van der Waals surface area contributed by atoms with Gasteiger partial charge in [0.25, 0.3) is 0 Å². The third-order valence-corrected chi connectivity index (χ3v) is 5.17. The van der Waals surface area contributed by atoms with Gasteiger partial charge in [-0.05, 0) is 48.0 Å². The number of thioether (sulfide) groups is 1. The van der Waals surface area contributed by atoms with Gasteiger partial charge in [0.05, 0.1) is 24.3 Å². The molecule has 0 N–H and O–H groups in total. The maximum atomic E-state index is 10.9. The fraction of sp³-hybridized carbons (Fsp3) is 0.0952. The maximum Gasteiger partial charge on any atom is 0.118 e. The average molecular weight is 410 g/mol. The number of ether oxygens (including phenoxy) is 1. The maximum absolute atomic E-state index is 10.9. The Labute approximate surface area is 171 Å². The number of benzene rings is 2. The number of pyridine rings is 1. The zero-order valence-corrected chi connectivity index (χ0v) is 16.4. The van der Waals surface area contributed by atoms with Crippen LogP contribution >= 0.6 is 23.4 Å². The van der Waals surface area contributed by atoms with Crippen LogP contribution in [0.25, 0.3) is 22.4 Å². The number of nitrogens with zero attached hydrogens (tertiary/aromatic N) is 2. The lowest BCUT2D eigenvalue weighted by Crippen LogP contribution is -2.24. The number of halogens is 1. The van der Waals surface area contributed by atoms with Gasteiger partial charge in [0.15, 0.2) is 0 Å². The van der Waals surface area contributed by atoms with E-state index in [0.29, 0.717) is 32.6 Å². The molecule has 0 saturated carbocycles. The van der Waals surface area contributed by atoms with Crippen LogP contribution in [0.3, 0.4) is 0 Å². The van der Waals surface area contributed by atoms with Gasteiger partial charge in [-0.1, -0.05) is 35.5 Å². The fourth-order valence-corrected chi connectivity index (χ4v) is 3.47. The zero-order valence-electron chi connectivity index (χ0n) is 14.8. The molecule has 3 rings (SSSR count). The average Bonchev–Trinajstić information content (AvgIpc) is 2.72. The van der Waals surface area contributed by atoms with E-state index >= 15 is 0 Å². The van der Waals surface area contributed by atoms with Crippen LogP contribution in [0.5, 0.6) is 5.75 Å². The Morgan fingerprint density at radius 1 is 1.18 bits per heavy atom. The van der Waals surface area contributed by atoms with Crippen LogP contribution in [-0.4, -0.2) is 23.8 Å². The molecule has 0 spiro atoms. The van der Waals surface area contributed by atoms with Crippen LogP contribution < -0.4 is 9.84 Å². The summed E-state index contributed by atoms with van der Waals surface area (Å²) < 4.78 is 5.18. The highest BCUT2D eigenvalue weighted by atomic mass is 35.5. The molecule has 0 atom stereocenters. The number of aromatic nitrogens is 1. The molecule has 0 aliphatic rings. The third kappa shape index (κ3) is 4.45. The van der Waals surface area contributed by atoms with Crippen molar-refractivity contribution >= 4 is 29.3 Å². The van der Waals surface area contributed by atoms with Crippen molar-refractivity contribution in [1.29, 1.82) is 5.26 Å². The van der Waals surface area contributed by atoms with Gasteiger partial charge < -0.3 is 14.6 Å². The van der Waals surface area contributed by atoms with E-state index in [2.05, 4.69) is 11.1 Å². The number of aliphatic carboxylic acids is 1. The fourth-order valence-electron chi connectivity index (χ4n) is 2.63. The van der Waals surface area contributed by atoms with E-state index in [1.54, 1.807) is 19.2 Å². The summed E-state index contributed by atoms with van der Waals surface area (Å²) in [5, 5.41) is 21.5. The molecule has 0 saturated heterocycles. The summed E-state index contributed by atoms with van der Waals surface area (Å²) in [7, 11) is 1.59. The molecule has 28 heavy (non-hydrogen) atoms. The summed E-state index contributed by atoms with van der Waals surface area (Å²) in [5.74, 6) is -0.811. The molecule has 0 bridgehead atoms. The molecule has 140 valence electrons. The summed E-state index contributed by atoms with van der Waals surface area (Å²) in [6.07, 6.45) is 0. The van der Waals surface area contributed by atoms with Gasteiger partial charge in [-0.15, -0.1) is 0 Å². The summed E-state index contributed by atoms with van der Waals surface area (Å²) in [6.45, 7) is 0. The molecule has 1 heterocycles. The molecule has 3 aromatic rings. The second kappa shape index (κ2) is 8.79. The molecule has 1 aromatic heterocycles. The lowest BCUT2D eigenvalue weighted by Gasteiger charge is -2.13. The SMILES string of the molecule is COc1ccc(-c2cc(-c3ccc(Cl)cc3)c(C#N)c(SCC(=O)[O-])n2)cc1. The summed E-state index contributed by atoms with van der Waals surface area (Å²) in [4.78, 5) is 15.4. The Bertz CT molecular complexity index is 1040. The van der Waals surface area contributed by atoms with Crippen LogP contribution in [0.15, 0.2) is 59.6 Å². The molecular formula is C21H14ClN2O3S-. The van der Waals surface area contributed by atoms with Crippen molar-refractivity contribution < 1.29 is 14.6 Å². The largest absolute Gasteiger partial charge is 0.549 e. The molecule has 0 unspecified atom stereocenters. The number of carbonyl (C=O) groups excluding carboxylic acids is 1. The number of carboxylic acid groups (broad SMARTS) is 1. The van der Waals surface area contributed by atoms with Crippen molar-refractivity contribution in [2.75, 3.05) is 12.9 Å². The van der Waals surface area contributed by atoms with E-state index in [9.17, 15) is 15.2 Å². The first-order chi connectivity index (χ1) is 13.5. The molecule has 0 fully saturated rings. The molecular weight excluding hydrogens is 396 g/mol. The van der Waals surface area contributed by atoms with Gasteiger partial charge in [0.1, 0.15) is 16.8 Å². The minimum Gasteiger partial charge on any atom is -0.549 e. The number of hydrogen-bond acceptors (Lipinski definition) is 6. The standard InChI is InChI=1S/C21H15ClN2O3S/c1-27-16-8-4-14(5-9-16)19-10-17(13-2-6-15(22)7-3-13)18(11-23)21(24-19)28-12-20(25)26/h2-10H,12H2,1H3,(H,25,26)/p-1. The zero-order chi connectivity index (χ0) is 20.1. The van der Waals surface area contributed by atoms with E-state index in [1.807, 2.05) is 42.5 Å². The summed E-state index contributed by atoms with van der Waals surface area (Å²) >= 11 is 6.94. The van der Waals surface area contributed by atoms with Crippen molar-refractivity contribution in [3.63, 3.8) is 0 Å². The molecule has 0 aliphatic heterocycles. The van der Waals surface area contributed by atoms with Gasteiger partial charge in [0, 0.05) is 21.9 Å². The predicted molar refractivity (Wildman–Crippen MR) is 107 cm³/mol. The van der Waals surface area contributed by atoms with Crippen LogP contribution in [0.4, 0.5) is 0 Å². The number of carboxylic acids is 1. The van der Waals surface area contributed by atoms with Crippen molar-refractivity contribution in [2.24, 2.45) is 0 Å². The highest BCUT2D eigenvalue weighted by molar-refractivity contribution is 7.99. The first-order valence-electron chi connectivity index (χ1n) is 8.20. The van der Waals surface area contributed by atoms with E-state index < -0.39 is 5.97 Å². The van der Waals surface area contributed by atoms with Gasteiger partial charge in [-0.2, -0.15) is 5.26 Å². The Kier molecular flexibility index (Phi) is 6.19. The lowest BCUT2D eigenvalue weighted by molar-refractivity contribution is -0.301. The Hall–Kier alpha value is -3.01. The topological polar surface area (TPSA) is 86.0 Å². The Morgan fingerprint density at radius 3 is 2.39 bits per heavy atom. The van der Waals surface area contributed by atoms with E-state index in [0.717, 1.165) is 22.9 Å². The van der Waals surface area contributed by atoms with Gasteiger partial charge in [0.2, 0.25) is 0 Å². The van der Waals surface area contributed by atoms with Crippen molar-refractivity contribution in [1.82, 2.24) is 4.98 Å². The van der Waals surface area contributed by atoms with Gasteiger partial charge >= 0.3 is 0 Å². The molecule has 7 heteroatoms. The molecule has 0 amide bonds. The van der Waals surface area contributed by atoms with Gasteiger partial charge in [-0.3, -0.25) is 0 Å². The second-order valence-electron chi connectivity index (χ2n) is 5.74. The highest BCUT2D eigenvalue weighted by Gasteiger charge is 2.16. The smallest absolute Gasteiger partial charge is 0.118 e. The minimum atomic E-state index is -1.22. The van der Waals surface area contributed by atoms with Crippen molar-refractivity contribution in [3.8, 4) is 34.2 Å². The van der Waals surface area contributed by atoms with Crippen LogP contribution in [0, 0.1) is 11.3 Å². The summed E-state index contributed by atoms with van der Waals surface area (Å²) in [6, 6.07) is 18.4. The quantitative estimate of drug-likeness (QED) is 0.576. The van der Waals surface area contributed by atoms with E-state index in [4.69, 9.17) is 16.3 Å². The molecule has 0 aliphatic carbocycles. The highest BCUT2D eigenvalue weighted by Crippen LogP contribution is 2.34. The number of carbonyl (C=O) groups is 1. The molecule has 2 aromatic carbocycles. The number of nitriles is 1. The third-order valence-electron chi connectivity index (χ3n) is 3.97. The van der Waals surface area contributed by atoms with Crippen molar-refractivity contribution in [3.05, 3.63) is 65.2 Å².